The molecule has 2 aliphatic rings. The van der Waals surface area contributed by atoms with Crippen molar-refractivity contribution in [2.75, 3.05) is 44.7 Å². The van der Waals surface area contributed by atoms with Crippen molar-refractivity contribution < 1.29 is 42.1 Å². The third-order valence-corrected chi connectivity index (χ3v) is 6.53. The second-order valence-corrected chi connectivity index (χ2v) is 10.7. The first-order chi connectivity index (χ1) is 18.5. The highest BCUT2D eigenvalue weighted by Gasteiger charge is 2.47. The number of hydrogen-bond acceptors (Lipinski definition) is 7. The lowest BCUT2D eigenvalue weighted by Crippen LogP contribution is -2.57. The number of anilines is 1. The Bertz CT molecular complexity index is 1090. The summed E-state index contributed by atoms with van der Waals surface area (Å²) < 4.78 is 53.4. The monoisotopic (exact) mass is 574 g/mol. The van der Waals surface area contributed by atoms with Gasteiger partial charge in [0.05, 0.1) is 23.4 Å². The third-order valence-electron chi connectivity index (χ3n) is 6.53. The van der Waals surface area contributed by atoms with E-state index < -0.39 is 59.1 Å². The number of halogens is 3. The molecule has 3 amide bonds. The Morgan fingerprint density at radius 3 is 2.40 bits per heavy atom. The van der Waals surface area contributed by atoms with E-state index in [2.05, 4.69) is 0 Å². The van der Waals surface area contributed by atoms with Gasteiger partial charge in [-0.2, -0.15) is 13.2 Å². The van der Waals surface area contributed by atoms with Gasteiger partial charge in [0.15, 0.2) is 0 Å². The number of alkyl halides is 3. The predicted octanol–water partition coefficient (Wildman–Crippen LogP) is 3.64. The second-order valence-electron chi connectivity index (χ2n) is 10.7. The fraction of sp³-hybridized carbons (Fsp3) is 0.667. The molecule has 10 nitrogen and oxygen atoms in total. The molecule has 0 bridgehead atoms. The van der Waals surface area contributed by atoms with E-state index in [1.165, 1.54) is 23.8 Å². The number of carbonyl (C=O) groups is 3. The minimum atomic E-state index is -4.92. The summed E-state index contributed by atoms with van der Waals surface area (Å²) in [5.41, 5.74) is 1.15. The van der Waals surface area contributed by atoms with Crippen molar-refractivity contribution in [1.29, 1.82) is 0 Å². The molecule has 2 atom stereocenters. The highest BCUT2D eigenvalue weighted by atomic mass is 19.4. The van der Waals surface area contributed by atoms with E-state index in [9.17, 15) is 32.7 Å². The zero-order valence-electron chi connectivity index (χ0n) is 24.2. The van der Waals surface area contributed by atoms with Crippen molar-refractivity contribution in [2.45, 2.75) is 77.8 Å². The van der Waals surface area contributed by atoms with Crippen molar-refractivity contribution in [3.05, 3.63) is 23.3 Å². The Kier molecular flexibility index (Phi) is 10.5. The van der Waals surface area contributed by atoms with Gasteiger partial charge in [0.2, 0.25) is 5.60 Å². The Balaban J connectivity index is 0.00000274. The minimum absolute atomic E-state index is 0.0144. The van der Waals surface area contributed by atoms with Gasteiger partial charge in [-0.3, -0.25) is 9.59 Å². The average Bonchev–Trinajstić information content (AvgIpc) is 2.89. The fourth-order valence-electron chi connectivity index (χ4n) is 4.52. The molecule has 1 aromatic rings. The molecule has 0 spiro atoms. The number of ether oxygens (including phenoxy) is 2. The van der Waals surface area contributed by atoms with E-state index in [0.29, 0.717) is 25.5 Å². The summed E-state index contributed by atoms with van der Waals surface area (Å²) in [5, 5.41) is 9.72. The lowest BCUT2D eigenvalue weighted by molar-refractivity contribution is -0.139. The molecule has 1 fully saturated rings. The van der Waals surface area contributed by atoms with Crippen molar-refractivity contribution in [3.63, 3.8) is 0 Å². The molecule has 0 radical (unpaired) electrons. The molecule has 0 aliphatic carbocycles. The van der Waals surface area contributed by atoms with Gasteiger partial charge in [0, 0.05) is 39.3 Å². The molecular formula is C27H41F3N4O6. The van der Waals surface area contributed by atoms with Gasteiger partial charge in [-0.15, -0.1) is 0 Å². The molecule has 3 N–H and O–H groups in total. The van der Waals surface area contributed by atoms with Gasteiger partial charge >= 0.3 is 12.3 Å². The molecule has 2 heterocycles. The zero-order chi connectivity index (χ0) is 30.6. The predicted molar refractivity (Wildman–Crippen MR) is 143 cm³/mol. The van der Waals surface area contributed by atoms with E-state index in [0.717, 1.165) is 11.0 Å². The largest absolute Gasteiger partial charge is 0.473 e. The number of carbonyl (C=O) groups excluding carboxylic acids is 3. The van der Waals surface area contributed by atoms with Crippen LogP contribution in [0.1, 0.15) is 70.3 Å². The zero-order valence-corrected chi connectivity index (χ0v) is 24.2. The van der Waals surface area contributed by atoms with Crippen LogP contribution in [0.4, 0.5) is 23.7 Å². The van der Waals surface area contributed by atoms with Gasteiger partial charge < -0.3 is 35.0 Å². The Morgan fingerprint density at radius 2 is 1.88 bits per heavy atom. The number of hydrogen-bond donors (Lipinski definition) is 2. The number of likely N-dealkylation sites (tertiary alicyclic amines) is 1. The first-order valence-corrected chi connectivity index (χ1v) is 13.3. The van der Waals surface area contributed by atoms with Gasteiger partial charge in [0.25, 0.3) is 11.8 Å². The third kappa shape index (κ3) is 7.17. The normalized spacial score (nSPS) is 21.1. The van der Waals surface area contributed by atoms with E-state index >= 15 is 0 Å². The van der Waals surface area contributed by atoms with Crippen LogP contribution in [-0.2, 0) is 15.7 Å². The summed E-state index contributed by atoms with van der Waals surface area (Å²) in [6, 6.07) is 1.10. The number of amides is 3. The number of piperidine rings is 1. The molecule has 40 heavy (non-hydrogen) atoms. The smallest absolute Gasteiger partial charge is 0.417 e. The van der Waals surface area contributed by atoms with Crippen LogP contribution in [0.3, 0.4) is 0 Å². The number of nitrogens with zero attached hydrogens (tertiary/aromatic N) is 3. The lowest BCUT2D eigenvalue weighted by atomic mass is 9.97. The maximum Gasteiger partial charge on any atom is 0.417 e. The van der Waals surface area contributed by atoms with Crippen molar-refractivity contribution >= 4 is 23.6 Å². The molecule has 226 valence electrons. The first kappa shape index (κ1) is 33.1. The molecular weight excluding hydrogens is 533 g/mol. The van der Waals surface area contributed by atoms with Crippen LogP contribution >= 0.6 is 0 Å². The highest BCUT2D eigenvalue weighted by Crippen LogP contribution is 2.44. The van der Waals surface area contributed by atoms with Gasteiger partial charge in [-0.1, -0.05) is 13.8 Å². The Hall–Kier alpha value is -3.06. The summed E-state index contributed by atoms with van der Waals surface area (Å²) in [4.78, 5) is 42.8. The van der Waals surface area contributed by atoms with Crippen molar-refractivity contribution in [1.82, 2.24) is 9.80 Å². The summed E-state index contributed by atoms with van der Waals surface area (Å²) in [6.45, 7) is 10.1. The maximum atomic E-state index is 14.2. The van der Waals surface area contributed by atoms with E-state index in [4.69, 9.17) is 15.2 Å². The molecule has 0 saturated carbocycles. The quantitative estimate of drug-likeness (QED) is 0.550. The summed E-state index contributed by atoms with van der Waals surface area (Å²) in [5.74, 6) is -1.91. The average molecular weight is 575 g/mol. The second kappa shape index (κ2) is 12.6. The topological polar surface area (TPSA) is 126 Å². The lowest BCUT2D eigenvalue weighted by Gasteiger charge is -2.41. The number of aliphatic hydroxyl groups is 1. The first-order valence-electron chi connectivity index (χ1n) is 13.3. The Labute approximate surface area is 233 Å². The SMILES string of the molecule is CC.CN(C(=O)c1cc2c(cc1C(F)(F)F)OC(C)(CO)C(=O)N2CCN)[C@@H]1CCCN(C(=O)OC(C)(C)C)C1. The van der Waals surface area contributed by atoms with Gasteiger partial charge in [-0.05, 0) is 52.7 Å². The van der Waals surface area contributed by atoms with Crippen LogP contribution in [0.5, 0.6) is 5.75 Å². The summed E-state index contributed by atoms with van der Waals surface area (Å²) in [6.07, 6.45) is -4.48. The van der Waals surface area contributed by atoms with Crippen molar-refractivity contribution in [3.8, 4) is 5.75 Å². The maximum absolute atomic E-state index is 14.2. The highest BCUT2D eigenvalue weighted by molar-refractivity contribution is 6.05. The fourth-order valence-corrected chi connectivity index (χ4v) is 4.52. The number of aliphatic hydroxyl groups excluding tert-OH is 1. The molecule has 1 aromatic carbocycles. The Morgan fingerprint density at radius 1 is 1.25 bits per heavy atom. The van der Waals surface area contributed by atoms with Gasteiger partial charge in [-0.25, -0.2) is 4.79 Å². The van der Waals surface area contributed by atoms with E-state index in [1.807, 2.05) is 13.8 Å². The molecule has 1 saturated heterocycles. The minimum Gasteiger partial charge on any atom is -0.473 e. The number of benzene rings is 1. The molecule has 2 aliphatic heterocycles. The van der Waals surface area contributed by atoms with Gasteiger partial charge in [0.1, 0.15) is 11.4 Å². The van der Waals surface area contributed by atoms with Crippen LogP contribution in [0.15, 0.2) is 12.1 Å². The molecule has 13 heteroatoms. The van der Waals surface area contributed by atoms with Crippen molar-refractivity contribution in [2.24, 2.45) is 5.73 Å². The van der Waals surface area contributed by atoms with Crippen LogP contribution in [0, 0.1) is 0 Å². The number of fused-ring (bicyclic) bond motifs is 1. The summed E-state index contributed by atoms with van der Waals surface area (Å²) >= 11 is 0. The standard InChI is InChI=1S/C25H35F3N4O6.C2H6/c1-23(2,3)38-22(36)31-9-6-7-15(13-31)30(5)20(34)16-11-18-19(12-17(16)25(26,27)28)37-24(4,14-33)21(35)32(18)10-8-29;1-2/h11-12,15,33H,6-10,13-14,29H2,1-5H3;1-2H3/t15-,24?;/m1./s1. The molecule has 1 unspecified atom stereocenters. The van der Waals surface area contributed by atoms with Crippen LogP contribution in [0.2, 0.25) is 0 Å². The van der Waals surface area contributed by atoms with E-state index in [1.54, 1.807) is 20.8 Å². The number of rotatable bonds is 5. The summed E-state index contributed by atoms with van der Waals surface area (Å²) in [7, 11) is 1.38. The van der Waals surface area contributed by atoms with E-state index in [-0.39, 0.29) is 31.1 Å². The number of likely N-dealkylation sites (N-methyl/N-ethyl adjacent to an activating group) is 1. The van der Waals surface area contributed by atoms with Crippen LogP contribution < -0.4 is 15.4 Å². The van der Waals surface area contributed by atoms with Crippen LogP contribution in [-0.4, -0.2) is 89.9 Å². The molecule has 3 rings (SSSR count). The van der Waals surface area contributed by atoms with Crippen LogP contribution in [0.25, 0.3) is 0 Å². The molecule has 0 aromatic heterocycles. The number of nitrogens with two attached hydrogens (primary N) is 1.